The summed E-state index contributed by atoms with van der Waals surface area (Å²) < 4.78 is 0. The zero-order chi connectivity index (χ0) is 37.3. The van der Waals surface area contributed by atoms with Crippen molar-refractivity contribution in [3.05, 3.63) is 221 Å². The molecule has 0 N–H and O–H groups in total. The van der Waals surface area contributed by atoms with Gasteiger partial charge in [-0.15, -0.1) is 0 Å². The van der Waals surface area contributed by atoms with E-state index in [4.69, 9.17) is 0 Å². The van der Waals surface area contributed by atoms with Crippen LogP contribution in [0.3, 0.4) is 0 Å². The molecule has 1 heteroatoms. The third-order valence-electron chi connectivity index (χ3n) is 11.9. The predicted molar refractivity (Wildman–Crippen MR) is 232 cm³/mol. The fourth-order valence-electron chi connectivity index (χ4n) is 9.27. The molecule has 0 fully saturated rings. The summed E-state index contributed by atoms with van der Waals surface area (Å²) >= 11 is 0. The molecule has 0 aromatic heterocycles. The molecule has 0 radical (unpaired) electrons. The van der Waals surface area contributed by atoms with Crippen molar-refractivity contribution in [3.8, 4) is 44.5 Å². The van der Waals surface area contributed by atoms with Crippen LogP contribution in [-0.2, 0) is 10.8 Å². The highest BCUT2D eigenvalue weighted by Gasteiger charge is 2.52. The van der Waals surface area contributed by atoms with Crippen LogP contribution in [0.2, 0.25) is 0 Å². The van der Waals surface area contributed by atoms with E-state index in [2.05, 4.69) is 221 Å². The van der Waals surface area contributed by atoms with Crippen molar-refractivity contribution in [1.82, 2.24) is 0 Å². The molecule has 55 heavy (non-hydrogen) atoms. The van der Waals surface area contributed by atoms with Crippen LogP contribution in [0, 0.1) is 6.92 Å². The molecule has 0 saturated heterocycles. The molecule has 0 bridgehead atoms. The van der Waals surface area contributed by atoms with Gasteiger partial charge in [0, 0.05) is 16.9 Å². The Hall–Kier alpha value is -6.44. The number of nitrogens with zero attached hydrogens (tertiary/aromatic N) is 1. The minimum Gasteiger partial charge on any atom is -0.310 e. The number of fused-ring (bicyclic) bond motifs is 10. The van der Waals surface area contributed by atoms with Crippen LogP contribution in [-0.4, -0.2) is 0 Å². The Bertz CT molecular complexity index is 2630. The maximum atomic E-state index is 2.52. The van der Waals surface area contributed by atoms with Gasteiger partial charge in [-0.25, -0.2) is 0 Å². The van der Waals surface area contributed by atoms with Gasteiger partial charge in [0.1, 0.15) is 0 Å². The number of benzene rings is 8. The second-order valence-electron chi connectivity index (χ2n) is 16.2. The Kier molecular flexibility index (Phi) is 7.58. The molecule has 1 spiro atoms. The lowest BCUT2D eigenvalue weighted by Crippen LogP contribution is -2.27. The third kappa shape index (κ3) is 5.14. The van der Waals surface area contributed by atoms with Gasteiger partial charge in [-0.1, -0.05) is 184 Å². The highest BCUT2D eigenvalue weighted by Crippen LogP contribution is 2.65. The Morgan fingerprint density at radius 1 is 0.400 bits per heavy atom. The van der Waals surface area contributed by atoms with Crippen molar-refractivity contribution in [2.24, 2.45) is 0 Å². The Morgan fingerprint density at radius 3 is 1.51 bits per heavy atom. The summed E-state index contributed by atoms with van der Waals surface area (Å²) in [6, 6.07) is 70.0. The number of hydrogen-bond donors (Lipinski definition) is 0. The fraction of sp³-hybridized carbons (Fsp3) is 0.111. The predicted octanol–water partition coefficient (Wildman–Crippen LogP) is 14.4. The minimum atomic E-state index is -0.445. The molecule has 264 valence electrons. The van der Waals surface area contributed by atoms with E-state index in [9.17, 15) is 0 Å². The van der Waals surface area contributed by atoms with Gasteiger partial charge in [-0.3, -0.25) is 0 Å². The maximum absolute atomic E-state index is 2.52. The van der Waals surface area contributed by atoms with Crippen molar-refractivity contribution in [2.75, 3.05) is 4.90 Å². The molecular weight excluding hydrogens is 663 g/mol. The first-order valence-corrected chi connectivity index (χ1v) is 19.4. The number of hydrogen-bond acceptors (Lipinski definition) is 1. The van der Waals surface area contributed by atoms with E-state index < -0.39 is 5.41 Å². The van der Waals surface area contributed by atoms with E-state index in [0.717, 1.165) is 11.4 Å². The maximum Gasteiger partial charge on any atom is 0.0726 e. The summed E-state index contributed by atoms with van der Waals surface area (Å²) in [4.78, 5) is 2.47. The van der Waals surface area contributed by atoms with Gasteiger partial charge in [-0.2, -0.15) is 0 Å². The first kappa shape index (κ1) is 33.2. The number of aryl methyl sites for hydroxylation is 1. The van der Waals surface area contributed by atoms with Gasteiger partial charge < -0.3 is 4.90 Å². The van der Waals surface area contributed by atoms with Crippen LogP contribution in [0.15, 0.2) is 188 Å². The van der Waals surface area contributed by atoms with Gasteiger partial charge in [0.25, 0.3) is 0 Å². The van der Waals surface area contributed by atoms with Gasteiger partial charge in [0.2, 0.25) is 0 Å². The van der Waals surface area contributed by atoms with Crippen molar-refractivity contribution in [1.29, 1.82) is 0 Å². The molecule has 0 aliphatic heterocycles. The van der Waals surface area contributed by atoms with Crippen molar-refractivity contribution < 1.29 is 0 Å². The second-order valence-corrected chi connectivity index (χ2v) is 16.2. The second kappa shape index (κ2) is 12.6. The average molecular weight is 706 g/mol. The quantitative estimate of drug-likeness (QED) is 0.172. The lowest BCUT2D eigenvalue weighted by molar-refractivity contribution is 0.588. The average Bonchev–Trinajstić information content (AvgIpc) is 3.69. The zero-order valence-electron chi connectivity index (χ0n) is 31.8. The SMILES string of the molecule is Cc1ccc2c(c1)C1(c3cc(C(C)(C)C)ccc3-2)c2ccccc2-c2c(N(c3ccc(-c4ccccc4)cc3)c3ccc(-c4ccccc4)cc3)cccc21. The molecule has 1 atom stereocenters. The van der Waals surface area contributed by atoms with Crippen LogP contribution < -0.4 is 4.90 Å². The third-order valence-corrected chi connectivity index (χ3v) is 11.9. The summed E-state index contributed by atoms with van der Waals surface area (Å²) in [5.74, 6) is 0. The molecular formula is C54H43N. The Balaban J connectivity index is 1.24. The molecule has 8 aromatic rings. The molecule has 1 nitrogen and oxygen atoms in total. The summed E-state index contributed by atoms with van der Waals surface area (Å²) in [6.07, 6.45) is 0. The van der Waals surface area contributed by atoms with Crippen LogP contribution in [0.5, 0.6) is 0 Å². The van der Waals surface area contributed by atoms with Crippen molar-refractivity contribution >= 4 is 17.1 Å². The van der Waals surface area contributed by atoms with E-state index in [1.54, 1.807) is 0 Å². The first-order valence-electron chi connectivity index (χ1n) is 19.4. The Labute approximate surface area is 325 Å². The van der Waals surface area contributed by atoms with Crippen molar-refractivity contribution in [2.45, 2.75) is 38.5 Å². The highest BCUT2D eigenvalue weighted by atomic mass is 15.1. The van der Waals surface area contributed by atoms with E-state index in [-0.39, 0.29) is 5.41 Å². The molecule has 2 aliphatic rings. The molecule has 1 unspecified atom stereocenters. The smallest absolute Gasteiger partial charge is 0.0726 e. The lowest BCUT2D eigenvalue weighted by atomic mass is 9.69. The van der Waals surface area contributed by atoms with E-state index in [1.807, 2.05) is 0 Å². The fourth-order valence-corrected chi connectivity index (χ4v) is 9.27. The molecule has 2 aliphatic carbocycles. The molecule has 0 saturated carbocycles. The largest absolute Gasteiger partial charge is 0.310 e. The van der Waals surface area contributed by atoms with Gasteiger partial charge in [0.15, 0.2) is 0 Å². The topological polar surface area (TPSA) is 3.24 Å². The van der Waals surface area contributed by atoms with Gasteiger partial charge in [-0.05, 0) is 109 Å². The molecule has 0 amide bonds. The van der Waals surface area contributed by atoms with Crippen LogP contribution >= 0.6 is 0 Å². The standard InChI is InChI=1S/C54H43N/c1-36-22-32-44-45-33-27-41(53(2,3)4)35-50(45)54(49(44)34-36)47-19-12-11-18-46(47)52-48(54)20-13-21-51(52)55(42-28-23-39(24-29-42)37-14-7-5-8-15-37)43-30-25-40(26-31-43)38-16-9-6-10-17-38/h5-35H,1-4H3. The highest BCUT2D eigenvalue weighted by molar-refractivity contribution is 6.01. The normalized spacial score (nSPS) is 15.0. The zero-order valence-corrected chi connectivity index (χ0v) is 31.8. The Morgan fingerprint density at radius 2 is 0.909 bits per heavy atom. The monoisotopic (exact) mass is 705 g/mol. The van der Waals surface area contributed by atoms with E-state index in [1.165, 1.54) is 83.6 Å². The molecule has 8 aromatic carbocycles. The summed E-state index contributed by atoms with van der Waals surface area (Å²) in [5, 5.41) is 0. The van der Waals surface area contributed by atoms with E-state index >= 15 is 0 Å². The summed E-state index contributed by atoms with van der Waals surface area (Å²) in [5.41, 5.74) is 21.2. The summed E-state index contributed by atoms with van der Waals surface area (Å²) in [7, 11) is 0. The number of rotatable bonds is 5. The summed E-state index contributed by atoms with van der Waals surface area (Å²) in [6.45, 7) is 9.21. The van der Waals surface area contributed by atoms with Crippen LogP contribution in [0.25, 0.3) is 44.5 Å². The number of anilines is 3. The molecule has 10 rings (SSSR count). The van der Waals surface area contributed by atoms with Gasteiger partial charge >= 0.3 is 0 Å². The lowest BCUT2D eigenvalue weighted by Gasteiger charge is -2.33. The van der Waals surface area contributed by atoms with Crippen LogP contribution in [0.1, 0.15) is 54.2 Å². The van der Waals surface area contributed by atoms with E-state index in [0.29, 0.717) is 0 Å². The molecule has 0 heterocycles. The van der Waals surface area contributed by atoms with Crippen LogP contribution in [0.4, 0.5) is 17.1 Å². The van der Waals surface area contributed by atoms with Crippen molar-refractivity contribution in [3.63, 3.8) is 0 Å². The first-order chi connectivity index (χ1) is 26.8. The minimum absolute atomic E-state index is 0.0122. The van der Waals surface area contributed by atoms with Gasteiger partial charge in [0.05, 0.1) is 11.1 Å².